The fourth-order valence-electron chi connectivity index (χ4n) is 2.72. The highest BCUT2D eigenvalue weighted by Gasteiger charge is 2.22. The zero-order valence-corrected chi connectivity index (χ0v) is 11.9. The molecule has 1 aromatic heterocycles. The van der Waals surface area contributed by atoms with Gasteiger partial charge in [-0.2, -0.15) is 0 Å². The fraction of sp³-hybridized carbons (Fsp3) is 0.643. The highest BCUT2D eigenvalue weighted by atomic mass is 32.1. The molecule has 2 rings (SSSR count). The zero-order chi connectivity index (χ0) is 13.1. The molecular weight excluding hydrogens is 246 g/mol. The molecule has 1 saturated heterocycles. The van der Waals surface area contributed by atoms with Crippen LogP contribution in [-0.2, 0) is 6.54 Å². The van der Waals surface area contributed by atoms with Crippen molar-refractivity contribution in [2.75, 3.05) is 13.1 Å². The Balaban J connectivity index is 1.96. The van der Waals surface area contributed by atoms with Crippen LogP contribution in [-0.4, -0.2) is 29.1 Å². The predicted octanol–water partition coefficient (Wildman–Crippen LogP) is 3.38. The first-order chi connectivity index (χ1) is 8.60. The van der Waals surface area contributed by atoms with Crippen molar-refractivity contribution in [1.29, 1.82) is 0 Å². The number of rotatable bonds is 5. The van der Waals surface area contributed by atoms with Gasteiger partial charge in [0.1, 0.15) is 4.88 Å². The molecule has 4 heteroatoms. The Hall–Kier alpha value is -0.870. The summed E-state index contributed by atoms with van der Waals surface area (Å²) < 4.78 is 0. The first-order valence-electron chi connectivity index (χ1n) is 6.65. The highest BCUT2D eigenvalue weighted by Crippen LogP contribution is 2.27. The van der Waals surface area contributed by atoms with Crippen LogP contribution >= 0.6 is 11.3 Å². The quantitative estimate of drug-likeness (QED) is 0.889. The number of likely N-dealkylation sites (tertiary alicyclic amines) is 1. The minimum atomic E-state index is -0.806. The van der Waals surface area contributed by atoms with E-state index in [4.69, 9.17) is 5.11 Å². The van der Waals surface area contributed by atoms with Crippen molar-refractivity contribution < 1.29 is 9.90 Å². The summed E-state index contributed by atoms with van der Waals surface area (Å²) in [5.41, 5.74) is 1.19. The van der Waals surface area contributed by atoms with Gasteiger partial charge in [0.2, 0.25) is 0 Å². The lowest BCUT2D eigenvalue weighted by Gasteiger charge is -2.15. The third kappa shape index (κ3) is 3.12. The molecule has 0 radical (unpaired) electrons. The minimum Gasteiger partial charge on any atom is -0.477 e. The molecule has 1 aliphatic rings. The minimum absolute atomic E-state index is 0.465. The normalized spacial score (nSPS) is 20.4. The van der Waals surface area contributed by atoms with E-state index in [1.165, 1.54) is 42.7 Å². The van der Waals surface area contributed by atoms with Gasteiger partial charge in [-0.3, -0.25) is 4.90 Å². The molecule has 1 N–H and O–H groups in total. The summed E-state index contributed by atoms with van der Waals surface area (Å²) in [6.07, 6.45) is 3.88. The van der Waals surface area contributed by atoms with Crippen molar-refractivity contribution >= 4 is 17.3 Å². The number of carbonyl (C=O) groups is 1. The van der Waals surface area contributed by atoms with Gasteiger partial charge in [-0.25, -0.2) is 4.79 Å². The van der Waals surface area contributed by atoms with Gasteiger partial charge in [0, 0.05) is 18.0 Å². The lowest BCUT2D eigenvalue weighted by atomic mass is 10.0. The van der Waals surface area contributed by atoms with E-state index in [2.05, 4.69) is 11.8 Å². The topological polar surface area (TPSA) is 40.5 Å². The number of thiophene rings is 1. The fourth-order valence-corrected chi connectivity index (χ4v) is 3.60. The summed E-state index contributed by atoms with van der Waals surface area (Å²) in [5, 5.41) is 8.99. The Morgan fingerprint density at radius 1 is 1.61 bits per heavy atom. The van der Waals surface area contributed by atoms with Gasteiger partial charge >= 0.3 is 5.97 Å². The standard InChI is InChI=1S/C14H21NO2S/c1-3-4-11-5-6-15(8-11)9-12-7-13(14(16)17)18-10(12)2/h7,11H,3-6,8-9H2,1-2H3,(H,16,17). The smallest absolute Gasteiger partial charge is 0.345 e. The van der Waals surface area contributed by atoms with E-state index >= 15 is 0 Å². The number of carboxylic acid groups (broad SMARTS) is 1. The largest absolute Gasteiger partial charge is 0.477 e. The lowest BCUT2D eigenvalue weighted by Crippen LogP contribution is -2.20. The molecular formula is C14H21NO2S. The summed E-state index contributed by atoms with van der Waals surface area (Å²) in [4.78, 5) is 15.0. The number of hydrogen-bond donors (Lipinski definition) is 1. The van der Waals surface area contributed by atoms with Crippen LogP contribution in [0.5, 0.6) is 0 Å². The Bertz CT molecular complexity index is 427. The van der Waals surface area contributed by atoms with Crippen LogP contribution < -0.4 is 0 Å². The van der Waals surface area contributed by atoms with Crippen molar-refractivity contribution in [3.05, 3.63) is 21.4 Å². The van der Waals surface area contributed by atoms with Crippen LogP contribution in [0.15, 0.2) is 6.07 Å². The van der Waals surface area contributed by atoms with Crippen molar-refractivity contribution in [1.82, 2.24) is 4.90 Å². The van der Waals surface area contributed by atoms with E-state index in [-0.39, 0.29) is 0 Å². The Morgan fingerprint density at radius 2 is 2.39 bits per heavy atom. The Labute approximate surface area is 112 Å². The van der Waals surface area contributed by atoms with E-state index < -0.39 is 5.97 Å². The monoisotopic (exact) mass is 267 g/mol. The van der Waals surface area contributed by atoms with Crippen LogP contribution in [0.4, 0.5) is 0 Å². The van der Waals surface area contributed by atoms with Crippen LogP contribution in [0.2, 0.25) is 0 Å². The summed E-state index contributed by atoms with van der Waals surface area (Å²) in [7, 11) is 0. The van der Waals surface area contributed by atoms with Crippen molar-refractivity contribution in [2.45, 2.75) is 39.7 Å². The molecule has 1 unspecified atom stereocenters. The number of nitrogens with zero attached hydrogens (tertiary/aromatic N) is 1. The molecule has 0 spiro atoms. The first-order valence-corrected chi connectivity index (χ1v) is 7.46. The second kappa shape index (κ2) is 5.85. The van der Waals surface area contributed by atoms with E-state index in [0.29, 0.717) is 4.88 Å². The number of hydrogen-bond acceptors (Lipinski definition) is 3. The molecule has 0 saturated carbocycles. The van der Waals surface area contributed by atoms with Crippen molar-refractivity contribution in [3.8, 4) is 0 Å². The van der Waals surface area contributed by atoms with Gasteiger partial charge in [-0.15, -0.1) is 11.3 Å². The van der Waals surface area contributed by atoms with E-state index in [0.717, 1.165) is 23.9 Å². The molecule has 0 aliphatic carbocycles. The van der Waals surface area contributed by atoms with Crippen LogP contribution in [0.3, 0.4) is 0 Å². The second-order valence-corrected chi connectivity index (χ2v) is 6.43. The third-order valence-corrected chi connectivity index (χ3v) is 4.77. The predicted molar refractivity (Wildman–Crippen MR) is 74.3 cm³/mol. The van der Waals surface area contributed by atoms with Gasteiger partial charge in [-0.1, -0.05) is 13.3 Å². The van der Waals surface area contributed by atoms with Gasteiger partial charge in [0.15, 0.2) is 0 Å². The summed E-state index contributed by atoms with van der Waals surface area (Å²) >= 11 is 1.39. The van der Waals surface area contributed by atoms with Crippen LogP contribution in [0, 0.1) is 12.8 Å². The van der Waals surface area contributed by atoms with Crippen LogP contribution in [0.1, 0.15) is 46.3 Å². The Kier molecular flexibility index (Phi) is 4.40. The van der Waals surface area contributed by atoms with Crippen LogP contribution in [0.25, 0.3) is 0 Å². The summed E-state index contributed by atoms with van der Waals surface area (Å²) in [6, 6.07) is 1.84. The highest BCUT2D eigenvalue weighted by molar-refractivity contribution is 7.14. The molecule has 1 aliphatic heterocycles. The van der Waals surface area contributed by atoms with Gasteiger partial charge in [0.05, 0.1) is 0 Å². The van der Waals surface area contributed by atoms with Gasteiger partial charge in [-0.05, 0) is 43.9 Å². The molecule has 1 fully saturated rings. The van der Waals surface area contributed by atoms with Gasteiger partial charge < -0.3 is 5.11 Å². The number of carboxylic acids is 1. The lowest BCUT2D eigenvalue weighted by molar-refractivity contribution is 0.0702. The van der Waals surface area contributed by atoms with E-state index in [9.17, 15) is 4.79 Å². The van der Waals surface area contributed by atoms with Crippen molar-refractivity contribution in [3.63, 3.8) is 0 Å². The number of aromatic carboxylic acids is 1. The van der Waals surface area contributed by atoms with E-state index in [1.54, 1.807) is 0 Å². The summed E-state index contributed by atoms with van der Waals surface area (Å²) in [5.74, 6) is 0.0347. The summed E-state index contributed by atoms with van der Waals surface area (Å²) in [6.45, 7) is 7.50. The average molecular weight is 267 g/mol. The maximum absolute atomic E-state index is 10.9. The first kappa shape index (κ1) is 13.6. The van der Waals surface area contributed by atoms with Gasteiger partial charge in [0.25, 0.3) is 0 Å². The molecule has 3 nitrogen and oxygen atoms in total. The molecule has 0 bridgehead atoms. The SMILES string of the molecule is CCCC1CCN(Cc2cc(C(=O)O)sc2C)C1. The molecule has 1 aromatic rings. The average Bonchev–Trinajstić information content (AvgIpc) is 2.88. The molecule has 100 valence electrons. The third-order valence-electron chi connectivity index (χ3n) is 3.69. The molecule has 0 aromatic carbocycles. The van der Waals surface area contributed by atoms with Crippen molar-refractivity contribution in [2.24, 2.45) is 5.92 Å². The van der Waals surface area contributed by atoms with E-state index in [1.807, 2.05) is 13.0 Å². The molecule has 2 heterocycles. The molecule has 18 heavy (non-hydrogen) atoms. The zero-order valence-electron chi connectivity index (χ0n) is 11.1. The Morgan fingerprint density at radius 3 is 3.00 bits per heavy atom. The number of aryl methyl sites for hydroxylation is 1. The second-order valence-electron chi connectivity index (χ2n) is 5.18. The maximum Gasteiger partial charge on any atom is 0.345 e. The maximum atomic E-state index is 10.9. The molecule has 1 atom stereocenters. The molecule has 0 amide bonds.